The van der Waals surface area contributed by atoms with Crippen LogP contribution in [-0.2, 0) is 12.8 Å². The molecule has 0 atom stereocenters. The van der Waals surface area contributed by atoms with Crippen molar-refractivity contribution in [3.63, 3.8) is 0 Å². The maximum atomic E-state index is 12.4. The zero-order chi connectivity index (χ0) is 20.1. The van der Waals surface area contributed by atoms with Crippen molar-refractivity contribution in [3.05, 3.63) is 118 Å². The van der Waals surface area contributed by atoms with Crippen LogP contribution in [0, 0.1) is 0 Å². The minimum absolute atomic E-state index is 0.103. The van der Waals surface area contributed by atoms with Gasteiger partial charge in [-0.05, 0) is 41.5 Å². The highest BCUT2D eigenvalue weighted by Gasteiger charge is 2.08. The average molecular weight is 380 g/mol. The van der Waals surface area contributed by atoms with Crippen LogP contribution in [0.1, 0.15) is 62.2 Å². The number of allylic oxidation sites excluding steroid dienone is 2. The van der Waals surface area contributed by atoms with Crippen LogP contribution in [0.2, 0.25) is 0 Å². The van der Waals surface area contributed by atoms with Crippen LogP contribution in [0.15, 0.2) is 84.9 Å². The van der Waals surface area contributed by atoms with Crippen LogP contribution in [0.25, 0.3) is 0 Å². The molecule has 0 N–H and O–H groups in total. The molecular weight excluding hydrogens is 356 g/mol. The molecule has 0 fully saturated rings. The molecule has 4 aliphatic carbocycles. The van der Waals surface area contributed by atoms with Crippen molar-refractivity contribution in [2.75, 3.05) is 0 Å². The Hall–Kier alpha value is -3.26. The van der Waals surface area contributed by atoms with Crippen molar-refractivity contribution < 1.29 is 9.59 Å². The van der Waals surface area contributed by atoms with Gasteiger partial charge in [-0.3, -0.25) is 9.59 Å². The van der Waals surface area contributed by atoms with Gasteiger partial charge in [-0.25, -0.2) is 0 Å². The molecule has 3 aromatic carbocycles. The molecule has 2 heteroatoms. The van der Waals surface area contributed by atoms with Gasteiger partial charge in [0.05, 0.1) is 0 Å². The third-order valence-corrected chi connectivity index (χ3v) is 5.37. The molecule has 0 unspecified atom stereocenters. The first-order chi connectivity index (χ1) is 14.2. The van der Waals surface area contributed by atoms with E-state index < -0.39 is 0 Å². The van der Waals surface area contributed by atoms with E-state index in [1.54, 1.807) is 0 Å². The molecule has 0 aromatic heterocycles. The van der Waals surface area contributed by atoms with E-state index in [0.717, 1.165) is 24.0 Å². The van der Waals surface area contributed by atoms with E-state index in [0.29, 0.717) is 19.3 Å². The van der Waals surface area contributed by atoms with E-state index in [-0.39, 0.29) is 11.6 Å². The minimum atomic E-state index is 0.103. The molecular formula is C27H24O2. The number of benzene rings is 3. The fraction of sp³-hybridized carbons (Fsp3) is 0.185. The van der Waals surface area contributed by atoms with Gasteiger partial charge in [-0.1, -0.05) is 84.9 Å². The Balaban J connectivity index is 1.63. The maximum Gasteiger partial charge on any atom is 0.166 e. The summed E-state index contributed by atoms with van der Waals surface area (Å²) < 4.78 is 0. The summed E-state index contributed by atoms with van der Waals surface area (Å²) in [6.07, 6.45) is 6.97. The van der Waals surface area contributed by atoms with Gasteiger partial charge in [-0.15, -0.1) is 0 Å². The maximum absolute atomic E-state index is 12.4. The fourth-order valence-corrected chi connectivity index (χ4v) is 3.72. The second-order valence-electron chi connectivity index (χ2n) is 7.63. The van der Waals surface area contributed by atoms with Gasteiger partial charge in [0.1, 0.15) is 0 Å². The zero-order valence-corrected chi connectivity index (χ0v) is 16.4. The van der Waals surface area contributed by atoms with Crippen molar-refractivity contribution in [1.29, 1.82) is 0 Å². The number of carbonyl (C=O) groups excluding carboxylic acids is 2. The Bertz CT molecular complexity index is 1040. The summed E-state index contributed by atoms with van der Waals surface area (Å²) in [7, 11) is 0. The Morgan fingerprint density at radius 1 is 0.552 bits per heavy atom. The highest BCUT2D eigenvalue weighted by atomic mass is 16.1. The Labute approximate surface area is 171 Å². The highest BCUT2D eigenvalue weighted by molar-refractivity contribution is 5.97. The largest absolute Gasteiger partial charge is 0.294 e. The second-order valence-corrected chi connectivity index (χ2v) is 7.63. The van der Waals surface area contributed by atoms with Gasteiger partial charge < -0.3 is 0 Å². The quantitative estimate of drug-likeness (QED) is 0.450. The summed E-state index contributed by atoms with van der Waals surface area (Å²) in [4.78, 5) is 24.7. The summed E-state index contributed by atoms with van der Waals surface area (Å²) in [6.45, 7) is 0. The summed E-state index contributed by atoms with van der Waals surface area (Å²) in [5, 5.41) is 0. The van der Waals surface area contributed by atoms with E-state index in [9.17, 15) is 9.59 Å². The van der Waals surface area contributed by atoms with Crippen LogP contribution in [0.4, 0.5) is 0 Å². The molecule has 0 saturated heterocycles. The highest BCUT2D eigenvalue weighted by Crippen LogP contribution is 2.17. The minimum Gasteiger partial charge on any atom is -0.294 e. The van der Waals surface area contributed by atoms with Crippen molar-refractivity contribution in [3.8, 4) is 0 Å². The summed E-state index contributed by atoms with van der Waals surface area (Å²) in [5.41, 5.74) is 6.40. The monoisotopic (exact) mass is 380 g/mol. The Kier molecular flexibility index (Phi) is 5.81. The lowest BCUT2D eigenvalue weighted by atomic mass is 9.97. The first-order valence-electron chi connectivity index (χ1n) is 10.1. The Morgan fingerprint density at radius 2 is 1.10 bits per heavy atom. The normalized spacial score (nSPS) is 16.0. The molecule has 2 nitrogen and oxygen atoms in total. The molecule has 29 heavy (non-hydrogen) atoms. The number of hydrogen-bond donors (Lipinski definition) is 0. The molecule has 0 spiro atoms. The van der Waals surface area contributed by atoms with Gasteiger partial charge >= 0.3 is 0 Å². The van der Waals surface area contributed by atoms with Gasteiger partial charge in [0.15, 0.2) is 11.6 Å². The molecule has 0 amide bonds. The Morgan fingerprint density at radius 3 is 1.69 bits per heavy atom. The molecule has 144 valence electrons. The van der Waals surface area contributed by atoms with Crippen molar-refractivity contribution in [2.24, 2.45) is 0 Å². The molecule has 0 aliphatic heterocycles. The van der Waals surface area contributed by atoms with E-state index in [1.165, 1.54) is 22.3 Å². The lowest BCUT2D eigenvalue weighted by Crippen LogP contribution is -2.00. The average Bonchev–Trinajstić information content (AvgIpc) is 2.74. The van der Waals surface area contributed by atoms with Crippen molar-refractivity contribution in [2.45, 2.75) is 32.1 Å². The third kappa shape index (κ3) is 4.97. The van der Waals surface area contributed by atoms with Crippen molar-refractivity contribution in [1.82, 2.24) is 0 Å². The smallest absolute Gasteiger partial charge is 0.166 e. The number of Topliss-reactive ketones (excluding diaryl/α,β-unsaturated/α-hetero) is 2. The first kappa shape index (κ1) is 19.1. The predicted octanol–water partition coefficient (Wildman–Crippen LogP) is 5.97. The standard InChI is InChI=1S/C27H24O2/c28-26-7-2-1-3-8-27(29)25-15-11-21(12-16-25)18-23-6-4-5-22(19-23)17-20-9-13-24(26)14-10-20/h1-2,4-6,9-16,19H,3,7-8,17-18H2/b2-1-. The summed E-state index contributed by atoms with van der Waals surface area (Å²) >= 11 is 0. The van der Waals surface area contributed by atoms with Crippen molar-refractivity contribution >= 4 is 11.6 Å². The number of hydrogen-bond acceptors (Lipinski definition) is 2. The van der Waals surface area contributed by atoms with E-state index in [1.807, 2.05) is 60.7 Å². The van der Waals surface area contributed by atoms with Crippen LogP contribution in [0.5, 0.6) is 0 Å². The van der Waals surface area contributed by atoms with Gasteiger partial charge in [0.2, 0.25) is 0 Å². The predicted molar refractivity (Wildman–Crippen MR) is 117 cm³/mol. The summed E-state index contributed by atoms with van der Waals surface area (Å²) in [6, 6.07) is 24.5. The number of carbonyl (C=O) groups is 2. The van der Waals surface area contributed by atoms with E-state index in [2.05, 4.69) is 24.3 Å². The number of rotatable bonds is 0. The SMILES string of the molecule is O=C1C/C=C\CCC(=O)c2ccc(cc2)Cc2cccc(c2)Cc2ccc1cc2. The second kappa shape index (κ2) is 8.83. The van der Waals surface area contributed by atoms with Crippen LogP contribution in [0.3, 0.4) is 0 Å². The van der Waals surface area contributed by atoms with Gasteiger partial charge in [-0.2, -0.15) is 0 Å². The molecule has 0 heterocycles. The lowest BCUT2D eigenvalue weighted by Gasteiger charge is -2.08. The zero-order valence-electron chi connectivity index (χ0n) is 16.4. The molecule has 7 rings (SSSR count). The molecule has 4 aliphatic rings. The molecule has 6 bridgehead atoms. The third-order valence-electron chi connectivity index (χ3n) is 5.37. The van der Waals surface area contributed by atoms with Crippen LogP contribution < -0.4 is 0 Å². The van der Waals surface area contributed by atoms with Crippen LogP contribution >= 0.6 is 0 Å². The van der Waals surface area contributed by atoms with E-state index >= 15 is 0 Å². The summed E-state index contributed by atoms with van der Waals surface area (Å²) in [5.74, 6) is 0.241. The van der Waals surface area contributed by atoms with Gasteiger partial charge in [0, 0.05) is 24.0 Å². The first-order valence-corrected chi connectivity index (χ1v) is 10.1. The number of ketones is 2. The molecule has 0 saturated carbocycles. The fourth-order valence-electron chi connectivity index (χ4n) is 3.72. The van der Waals surface area contributed by atoms with Crippen LogP contribution in [-0.4, -0.2) is 11.6 Å². The lowest BCUT2D eigenvalue weighted by molar-refractivity contribution is 0.0981. The van der Waals surface area contributed by atoms with Gasteiger partial charge in [0.25, 0.3) is 0 Å². The topological polar surface area (TPSA) is 34.1 Å². The molecule has 0 radical (unpaired) electrons. The van der Waals surface area contributed by atoms with E-state index in [4.69, 9.17) is 0 Å². The molecule has 3 aromatic rings.